The van der Waals surface area contributed by atoms with Crippen LogP contribution in [0.3, 0.4) is 0 Å². The standard InChI is InChI=1S/C15H19ClN2O/c1-4-10(2)13(12-8-6-5-7-9-12)15-18-17-14(19-15)11(3)16/h5-11,13H,4H2,1-3H3. The van der Waals surface area contributed by atoms with Gasteiger partial charge >= 0.3 is 0 Å². The van der Waals surface area contributed by atoms with Gasteiger partial charge in [0.25, 0.3) is 0 Å². The fourth-order valence-electron chi connectivity index (χ4n) is 2.14. The van der Waals surface area contributed by atoms with Gasteiger partial charge in [-0.25, -0.2) is 0 Å². The van der Waals surface area contributed by atoms with Crippen molar-refractivity contribution in [2.75, 3.05) is 0 Å². The van der Waals surface area contributed by atoms with E-state index in [1.54, 1.807) is 0 Å². The van der Waals surface area contributed by atoms with Crippen molar-refractivity contribution in [3.63, 3.8) is 0 Å². The molecule has 0 aliphatic carbocycles. The van der Waals surface area contributed by atoms with Gasteiger partial charge < -0.3 is 4.42 Å². The summed E-state index contributed by atoms with van der Waals surface area (Å²) in [5.41, 5.74) is 1.20. The number of alkyl halides is 1. The quantitative estimate of drug-likeness (QED) is 0.753. The van der Waals surface area contributed by atoms with E-state index in [1.165, 1.54) is 5.56 Å². The Morgan fingerprint density at radius 2 is 1.74 bits per heavy atom. The first-order valence-electron chi connectivity index (χ1n) is 6.65. The van der Waals surface area contributed by atoms with E-state index in [1.807, 2.05) is 25.1 Å². The molecule has 4 heteroatoms. The summed E-state index contributed by atoms with van der Waals surface area (Å²) in [6.07, 6.45) is 1.05. The highest BCUT2D eigenvalue weighted by Gasteiger charge is 2.26. The molecular formula is C15H19ClN2O. The molecule has 2 aromatic rings. The SMILES string of the molecule is CCC(C)C(c1ccccc1)c1nnc(C(C)Cl)o1. The third-order valence-corrected chi connectivity index (χ3v) is 3.62. The Balaban J connectivity index is 2.37. The summed E-state index contributed by atoms with van der Waals surface area (Å²) in [6.45, 7) is 6.20. The molecule has 0 radical (unpaired) electrons. The second kappa shape index (κ2) is 6.20. The van der Waals surface area contributed by atoms with E-state index in [9.17, 15) is 0 Å². The third-order valence-electron chi connectivity index (χ3n) is 3.43. The molecule has 1 aromatic carbocycles. The molecule has 0 aliphatic rings. The van der Waals surface area contributed by atoms with E-state index in [-0.39, 0.29) is 11.3 Å². The van der Waals surface area contributed by atoms with E-state index in [2.05, 4.69) is 36.2 Å². The van der Waals surface area contributed by atoms with E-state index in [0.717, 1.165) is 6.42 Å². The summed E-state index contributed by atoms with van der Waals surface area (Å²) < 4.78 is 5.73. The van der Waals surface area contributed by atoms with Gasteiger partial charge in [-0.2, -0.15) is 0 Å². The van der Waals surface area contributed by atoms with Gasteiger partial charge in [0.05, 0.1) is 5.92 Å². The van der Waals surface area contributed by atoms with Gasteiger partial charge in [0.15, 0.2) is 0 Å². The summed E-state index contributed by atoms with van der Waals surface area (Å²) in [5, 5.41) is 7.96. The number of hydrogen-bond donors (Lipinski definition) is 0. The van der Waals surface area contributed by atoms with Gasteiger partial charge in [0, 0.05) is 0 Å². The van der Waals surface area contributed by atoms with E-state index < -0.39 is 0 Å². The van der Waals surface area contributed by atoms with Crippen molar-refractivity contribution in [2.45, 2.75) is 38.5 Å². The van der Waals surface area contributed by atoms with Crippen LogP contribution in [0, 0.1) is 5.92 Å². The van der Waals surface area contributed by atoms with Crippen molar-refractivity contribution >= 4 is 11.6 Å². The molecule has 0 N–H and O–H groups in total. The normalized spacial score (nSPS) is 16.0. The van der Waals surface area contributed by atoms with Gasteiger partial charge in [-0.15, -0.1) is 21.8 Å². The predicted molar refractivity (Wildman–Crippen MR) is 76.3 cm³/mol. The fraction of sp³-hybridized carbons (Fsp3) is 0.467. The minimum absolute atomic E-state index is 0.128. The van der Waals surface area contributed by atoms with Crippen LogP contribution in [-0.2, 0) is 0 Å². The van der Waals surface area contributed by atoms with Crippen LogP contribution in [0.25, 0.3) is 0 Å². The van der Waals surface area contributed by atoms with E-state index in [0.29, 0.717) is 17.7 Å². The Morgan fingerprint density at radius 1 is 1.11 bits per heavy atom. The average Bonchev–Trinajstić information content (AvgIpc) is 2.89. The van der Waals surface area contributed by atoms with Gasteiger partial charge in [-0.05, 0) is 18.4 Å². The van der Waals surface area contributed by atoms with Crippen LogP contribution in [0.15, 0.2) is 34.7 Å². The van der Waals surface area contributed by atoms with Crippen LogP contribution in [0.4, 0.5) is 0 Å². The minimum Gasteiger partial charge on any atom is -0.423 e. The molecule has 1 aromatic heterocycles. The molecule has 19 heavy (non-hydrogen) atoms. The van der Waals surface area contributed by atoms with Gasteiger partial charge in [-0.1, -0.05) is 50.6 Å². The first-order chi connectivity index (χ1) is 9.13. The Kier molecular flexibility index (Phi) is 4.59. The summed E-state index contributed by atoms with van der Waals surface area (Å²) in [6, 6.07) is 10.3. The summed E-state index contributed by atoms with van der Waals surface area (Å²) in [7, 11) is 0. The topological polar surface area (TPSA) is 38.9 Å². The number of halogens is 1. The zero-order valence-corrected chi connectivity index (χ0v) is 12.3. The van der Waals surface area contributed by atoms with Crippen molar-refractivity contribution in [1.82, 2.24) is 10.2 Å². The van der Waals surface area contributed by atoms with Crippen molar-refractivity contribution in [3.8, 4) is 0 Å². The van der Waals surface area contributed by atoms with Crippen LogP contribution < -0.4 is 0 Å². The largest absolute Gasteiger partial charge is 0.423 e. The van der Waals surface area contributed by atoms with Crippen molar-refractivity contribution in [2.24, 2.45) is 5.92 Å². The smallest absolute Gasteiger partial charge is 0.234 e. The molecule has 0 saturated heterocycles. The molecule has 2 rings (SSSR count). The summed E-state index contributed by atoms with van der Waals surface area (Å²) >= 11 is 5.98. The minimum atomic E-state index is -0.255. The van der Waals surface area contributed by atoms with Crippen LogP contribution in [0.2, 0.25) is 0 Å². The van der Waals surface area contributed by atoms with Gasteiger partial charge in [0.2, 0.25) is 11.8 Å². The zero-order valence-electron chi connectivity index (χ0n) is 11.5. The molecule has 0 aliphatic heterocycles. The number of hydrogen-bond acceptors (Lipinski definition) is 3. The van der Waals surface area contributed by atoms with Crippen LogP contribution >= 0.6 is 11.6 Å². The van der Waals surface area contributed by atoms with Gasteiger partial charge in [0.1, 0.15) is 5.38 Å². The molecule has 3 unspecified atom stereocenters. The zero-order chi connectivity index (χ0) is 13.8. The van der Waals surface area contributed by atoms with Crippen LogP contribution in [-0.4, -0.2) is 10.2 Å². The maximum Gasteiger partial charge on any atom is 0.234 e. The molecule has 0 saturated carbocycles. The monoisotopic (exact) mass is 278 g/mol. The number of nitrogens with zero attached hydrogens (tertiary/aromatic N) is 2. The first-order valence-corrected chi connectivity index (χ1v) is 7.09. The molecule has 0 amide bonds. The molecule has 0 spiro atoms. The first kappa shape index (κ1) is 14.1. The fourth-order valence-corrected chi connectivity index (χ4v) is 2.23. The molecule has 0 bridgehead atoms. The van der Waals surface area contributed by atoms with Crippen molar-refractivity contribution in [1.29, 1.82) is 0 Å². The van der Waals surface area contributed by atoms with E-state index in [4.69, 9.17) is 16.0 Å². The Morgan fingerprint density at radius 3 is 2.26 bits per heavy atom. The highest BCUT2D eigenvalue weighted by atomic mass is 35.5. The van der Waals surface area contributed by atoms with E-state index >= 15 is 0 Å². The predicted octanol–water partition coefficient (Wildman–Crippen LogP) is 4.55. The summed E-state index contributed by atoms with van der Waals surface area (Å²) in [4.78, 5) is 0. The molecule has 3 nitrogen and oxygen atoms in total. The number of aromatic nitrogens is 2. The molecule has 3 atom stereocenters. The molecular weight excluding hydrogens is 260 g/mol. The molecule has 102 valence electrons. The summed E-state index contributed by atoms with van der Waals surface area (Å²) in [5.74, 6) is 1.70. The lowest BCUT2D eigenvalue weighted by atomic mass is 9.85. The Hall–Kier alpha value is -1.35. The van der Waals surface area contributed by atoms with Crippen molar-refractivity contribution in [3.05, 3.63) is 47.7 Å². The van der Waals surface area contributed by atoms with Crippen molar-refractivity contribution < 1.29 is 4.42 Å². The molecule has 0 fully saturated rings. The highest BCUT2D eigenvalue weighted by Crippen LogP contribution is 2.33. The molecule has 1 heterocycles. The second-order valence-corrected chi connectivity index (χ2v) is 5.52. The third kappa shape index (κ3) is 3.16. The van der Waals surface area contributed by atoms with Gasteiger partial charge in [-0.3, -0.25) is 0 Å². The number of benzene rings is 1. The maximum atomic E-state index is 5.98. The highest BCUT2D eigenvalue weighted by molar-refractivity contribution is 6.20. The lowest BCUT2D eigenvalue weighted by Crippen LogP contribution is -2.11. The Labute approximate surface area is 119 Å². The average molecular weight is 279 g/mol. The van der Waals surface area contributed by atoms with Crippen LogP contribution in [0.5, 0.6) is 0 Å². The Bertz CT molecular complexity index is 510. The maximum absolute atomic E-state index is 5.98. The lowest BCUT2D eigenvalue weighted by molar-refractivity contribution is 0.376. The number of rotatable bonds is 5. The van der Waals surface area contributed by atoms with Crippen LogP contribution in [0.1, 0.15) is 55.8 Å². The second-order valence-electron chi connectivity index (χ2n) is 4.87. The lowest BCUT2D eigenvalue weighted by Gasteiger charge is -2.19.